The third-order valence-corrected chi connectivity index (χ3v) is 5.57. The summed E-state index contributed by atoms with van der Waals surface area (Å²) in [6.45, 7) is 3.95. The molecule has 0 spiro atoms. The zero-order valence-corrected chi connectivity index (χ0v) is 16.7. The van der Waals surface area contributed by atoms with Crippen LogP contribution in [0.3, 0.4) is 0 Å². The quantitative estimate of drug-likeness (QED) is 0.575. The van der Waals surface area contributed by atoms with Crippen molar-refractivity contribution in [3.63, 3.8) is 0 Å². The van der Waals surface area contributed by atoms with E-state index in [-0.39, 0.29) is 18.0 Å². The van der Waals surface area contributed by atoms with E-state index < -0.39 is 5.91 Å². The number of primary amides is 1. The Morgan fingerprint density at radius 2 is 1.71 bits per heavy atom. The second-order valence-corrected chi connectivity index (χ2v) is 7.80. The van der Waals surface area contributed by atoms with E-state index in [9.17, 15) is 9.59 Å². The van der Waals surface area contributed by atoms with Gasteiger partial charge in [0.05, 0.1) is 4.88 Å². The summed E-state index contributed by atoms with van der Waals surface area (Å²) in [5, 5.41) is 7.02. The minimum absolute atomic E-state index is 0.0542. The first-order valence-electron chi connectivity index (χ1n) is 9.09. The molecule has 1 aromatic heterocycles. The first-order valence-corrected chi connectivity index (χ1v) is 9.97. The average Bonchev–Trinajstić information content (AvgIpc) is 3.21. The maximum atomic E-state index is 12.7. The molecule has 0 radical (unpaired) electrons. The minimum Gasteiger partial charge on any atom is -0.366 e. The summed E-state index contributed by atoms with van der Waals surface area (Å²) in [6.07, 6.45) is 0. The van der Waals surface area contributed by atoms with E-state index in [0.29, 0.717) is 11.3 Å². The zero-order chi connectivity index (χ0) is 20.1. The van der Waals surface area contributed by atoms with E-state index in [1.54, 1.807) is 35.6 Å². The number of carbonyl (C=O) groups is 2. The largest absolute Gasteiger partial charge is 0.366 e. The van der Waals surface area contributed by atoms with E-state index in [2.05, 4.69) is 53.3 Å². The Morgan fingerprint density at radius 3 is 2.29 bits per heavy atom. The predicted molar refractivity (Wildman–Crippen MR) is 112 cm³/mol. The third kappa shape index (κ3) is 4.85. The van der Waals surface area contributed by atoms with Crippen LogP contribution in [0.2, 0.25) is 0 Å². The monoisotopic (exact) mass is 394 g/mol. The van der Waals surface area contributed by atoms with Gasteiger partial charge in [0.1, 0.15) is 6.04 Å². The van der Waals surface area contributed by atoms with E-state index in [4.69, 9.17) is 5.73 Å². The van der Waals surface area contributed by atoms with Crippen molar-refractivity contribution in [1.82, 2.24) is 0 Å². The Hall–Kier alpha value is -2.96. The summed E-state index contributed by atoms with van der Waals surface area (Å²) in [7, 11) is 0. The fourth-order valence-corrected chi connectivity index (χ4v) is 3.79. The van der Waals surface area contributed by atoms with Gasteiger partial charge in [0.25, 0.3) is 5.91 Å². The number of amides is 2. The summed E-state index contributed by atoms with van der Waals surface area (Å²) in [6, 6.07) is 18.9. The number of nitrogens with two attached hydrogens (primary N) is 2. The highest BCUT2D eigenvalue weighted by atomic mass is 32.1. The molecule has 5 N–H and O–H groups in total. The number of thiophene rings is 1. The van der Waals surface area contributed by atoms with Crippen molar-refractivity contribution >= 4 is 28.8 Å². The Morgan fingerprint density at radius 1 is 1.04 bits per heavy atom. The first kappa shape index (κ1) is 19.8. The summed E-state index contributed by atoms with van der Waals surface area (Å²) < 4.78 is 0. The molecule has 2 aromatic carbocycles. The molecule has 0 aliphatic carbocycles. The molecule has 0 bridgehead atoms. The van der Waals surface area contributed by atoms with Gasteiger partial charge >= 0.3 is 0 Å². The number of aryl methyl sites for hydroxylation is 1. The summed E-state index contributed by atoms with van der Waals surface area (Å²) in [4.78, 5) is 25.1. The van der Waals surface area contributed by atoms with Crippen LogP contribution in [0, 0.1) is 6.92 Å². The Balaban J connectivity index is 1.72. The van der Waals surface area contributed by atoms with Crippen molar-refractivity contribution in [2.45, 2.75) is 25.9 Å². The van der Waals surface area contributed by atoms with E-state index >= 15 is 0 Å². The van der Waals surface area contributed by atoms with Gasteiger partial charge in [0.2, 0.25) is 5.91 Å². The number of carbonyl (C=O) groups excluding carboxylic acids is 2. The second-order valence-electron chi connectivity index (χ2n) is 6.82. The van der Waals surface area contributed by atoms with E-state index in [0.717, 1.165) is 0 Å². The van der Waals surface area contributed by atoms with Crippen LogP contribution in [0.15, 0.2) is 66.0 Å². The lowest BCUT2D eigenvalue weighted by molar-refractivity contribution is -0.703. The lowest BCUT2D eigenvalue weighted by atomic mass is 10.0. The maximum Gasteiger partial charge on any atom is 0.282 e. The van der Waals surface area contributed by atoms with Crippen LogP contribution in [0.5, 0.6) is 0 Å². The number of nitrogens with one attached hydrogen (secondary N) is 1. The smallest absolute Gasteiger partial charge is 0.282 e. The molecule has 0 aliphatic rings. The first-order chi connectivity index (χ1) is 13.4. The number of rotatable bonds is 7. The van der Waals surface area contributed by atoms with Crippen molar-refractivity contribution in [3.05, 3.63) is 87.6 Å². The molecule has 6 heteroatoms. The van der Waals surface area contributed by atoms with Crippen molar-refractivity contribution in [3.8, 4) is 0 Å². The molecule has 5 nitrogen and oxygen atoms in total. The highest BCUT2D eigenvalue weighted by Crippen LogP contribution is 2.23. The number of anilines is 1. The molecule has 0 fully saturated rings. The Kier molecular flexibility index (Phi) is 6.23. The molecule has 0 unspecified atom stereocenters. The topological polar surface area (TPSA) is 88.8 Å². The number of hydrogen-bond acceptors (Lipinski definition) is 3. The summed E-state index contributed by atoms with van der Waals surface area (Å²) in [5.41, 5.74) is 8.67. The van der Waals surface area contributed by atoms with Gasteiger partial charge in [-0.2, -0.15) is 0 Å². The molecule has 3 rings (SSSR count). The molecule has 0 saturated heterocycles. The van der Waals surface area contributed by atoms with Gasteiger partial charge in [-0.1, -0.05) is 35.9 Å². The van der Waals surface area contributed by atoms with Gasteiger partial charge in [0.15, 0.2) is 6.04 Å². The summed E-state index contributed by atoms with van der Waals surface area (Å²) in [5.74, 6) is -0.586. The van der Waals surface area contributed by atoms with Gasteiger partial charge in [-0.05, 0) is 49.6 Å². The van der Waals surface area contributed by atoms with Crippen LogP contribution in [0.4, 0.5) is 5.69 Å². The SMILES string of the molecule is Cc1ccc([C@@H]([NH2+][C@H](C)C(=O)Nc2ccc(C(N)=O)cc2)c2cccs2)cc1. The molecular formula is C22H24N3O2S+. The van der Waals surface area contributed by atoms with Crippen molar-refractivity contribution in [1.29, 1.82) is 0 Å². The fraction of sp³-hybridized carbons (Fsp3) is 0.182. The Bertz CT molecular complexity index is 935. The lowest BCUT2D eigenvalue weighted by Gasteiger charge is -2.19. The minimum atomic E-state index is -0.489. The highest BCUT2D eigenvalue weighted by Gasteiger charge is 2.25. The van der Waals surface area contributed by atoms with Crippen molar-refractivity contribution in [2.75, 3.05) is 5.32 Å². The van der Waals surface area contributed by atoms with Gasteiger partial charge in [-0.25, -0.2) is 0 Å². The molecule has 2 amide bonds. The molecule has 1 heterocycles. The van der Waals surface area contributed by atoms with Gasteiger partial charge in [0, 0.05) is 16.8 Å². The van der Waals surface area contributed by atoms with Crippen LogP contribution in [0.25, 0.3) is 0 Å². The van der Waals surface area contributed by atoms with Gasteiger partial charge in [-0.3, -0.25) is 9.59 Å². The molecule has 144 valence electrons. The fourth-order valence-electron chi connectivity index (χ4n) is 2.96. The lowest BCUT2D eigenvalue weighted by Crippen LogP contribution is -2.92. The predicted octanol–water partition coefficient (Wildman–Crippen LogP) is 2.84. The molecular weight excluding hydrogens is 370 g/mol. The van der Waals surface area contributed by atoms with Crippen LogP contribution in [-0.4, -0.2) is 17.9 Å². The average molecular weight is 395 g/mol. The van der Waals surface area contributed by atoms with E-state index in [1.807, 2.05) is 13.0 Å². The van der Waals surface area contributed by atoms with Crippen molar-refractivity contribution in [2.24, 2.45) is 5.73 Å². The molecule has 28 heavy (non-hydrogen) atoms. The number of benzene rings is 2. The maximum absolute atomic E-state index is 12.7. The number of hydrogen-bond donors (Lipinski definition) is 3. The van der Waals surface area contributed by atoms with Crippen molar-refractivity contribution < 1.29 is 14.9 Å². The molecule has 0 saturated carbocycles. The summed E-state index contributed by atoms with van der Waals surface area (Å²) >= 11 is 1.69. The van der Waals surface area contributed by atoms with Gasteiger partial charge in [-0.15, -0.1) is 11.3 Å². The number of quaternary nitrogens is 1. The second kappa shape index (κ2) is 8.82. The van der Waals surface area contributed by atoms with Gasteiger partial charge < -0.3 is 16.4 Å². The normalized spacial score (nSPS) is 12.9. The standard InChI is InChI=1S/C22H23N3O2S/c1-14-5-7-16(8-6-14)20(19-4-3-13-28-19)24-15(2)22(27)25-18-11-9-17(10-12-18)21(23)26/h3-13,15,20,24H,1-2H3,(H2,23,26)(H,25,27)/p+1/t15-,20-/m1/s1. The molecule has 0 aliphatic heterocycles. The molecule has 3 aromatic rings. The van der Waals surface area contributed by atoms with E-state index in [1.165, 1.54) is 16.0 Å². The Labute approximate surface area is 168 Å². The van der Waals surface area contributed by atoms with Crippen LogP contribution >= 0.6 is 11.3 Å². The van der Waals surface area contributed by atoms with Crippen LogP contribution < -0.4 is 16.4 Å². The van der Waals surface area contributed by atoms with Crippen LogP contribution in [-0.2, 0) is 4.79 Å². The zero-order valence-electron chi connectivity index (χ0n) is 15.9. The third-order valence-electron chi connectivity index (χ3n) is 4.62. The van der Waals surface area contributed by atoms with Crippen LogP contribution in [0.1, 0.15) is 39.3 Å². The highest BCUT2D eigenvalue weighted by molar-refractivity contribution is 7.10. The molecule has 2 atom stereocenters.